The van der Waals surface area contributed by atoms with E-state index < -0.39 is 0 Å². The van der Waals surface area contributed by atoms with Crippen LogP contribution in [-0.4, -0.2) is 16.5 Å². The molecular weight excluding hydrogens is 252 g/mol. The SMILES string of the molecule is CCC1CCCCC1C(O)C1Cc2ccccc2S1. The molecule has 0 amide bonds. The Morgan fingerprint density at radius 3 is 2.84 bits per heavy atom. The van der Waals surface area contributed by atoms with Crippen molar-refractivity contribution >= 4 is 11.8 Å². The van der Waals surface area contributed by atoms with Gasteiger partial charge in [0.25, 0.3) is 0 Å². The highest BCUT2D eigenvalue weighted by Crippen LogP contribution is 2.44. The van der Waals surface area contributed by atoms with E-state index in [1.54, 1.807) is 0 Å². The Balaban J connectivity index is 1.70. The van der Waals surface area contributed by atoms with Crippen molar-refractivity contribution in [3.8, 4) is 0 Å². The molecule has 19 heavy (non-hydrogen) atoms. The van der Waals surface area contributed by atoms with Crippen LogP contribution in [0.5, 0.6) is 0 Å². The van der Waals surface area contributed by atoms with Crippen molar-refractivity contribution in [3.63, 3.8) is 0 Å². The molecule has 1 aliphatic carbocycles. The second kappa shape index (κ2) is 5.88. The third-order valence-electron chi connectivity index (χ3n) is 4.98. The number of hydrogen-bond donors (Lipinski definition) is 1. The Morgan fingerprint density at radius 1 is 1.26 bits per heavy atom. The van der Waals surface area contributed by atoms with Gasteiger partial charge in [-0.15, -0.1) is 11.8 Å². The van der Waals surface area contributed by atoms with Crippen LogP contribution in [0.15, 0.2) is 29.2 Å². The van der Waals surface area contributed by atoms with Crippen LogP contribution in [0.4, 0.5) is 0 Å². The molecule has 1 aromatic carbocycles. The van der Waals surface area contributed by atoms with Crippen molar-refractivity contribution < 1.29 is 5.11 Å². The zero-order valence-corrected chi connectivity index (χ0v) is 12.5. The number of rotatable bonds is 3. The fourth-order valence-electron chi connectivity index (χ4n) is 3.87. The number of aliphatic hydroxyl groups is 1. The predicted molar refractivity (Wildman–Crippen MR) is 81.5 cm³/mol. The standard InChI is InChI=1S/C17H24OS/c1-2-12-7-3-5-9-14(12)17(18)16-11-13-8-4-6-10-15(13)19-16/h4,6,8,10,12,14,16-18H,2-3,5,7,9,11H2,1H3. The Bertz CT molecular complexity index is 406. The first-order valence-electron chi connectivity index (χ1n) is 7.72. The highest BCUT2D eigenvalue weighted by molar-refractivity contribution is 8.00. The predicted octanol–water partition coefficient (Wildman–Crippen LogP) is 4.28. The van der Waals surface area contributed by atoms with E-state index in [9.17, 15) is 5.11 Å². The summed E-state index contributed by atoms with van der Waals surface area (Å²) in [6, 6.07) is 8.64. The second-order valence-electron chi connectivity index (χ2n) is 6.08. The largest absolute Gasteiger partial charge is 0.392 e. The summed E-state index contributed by atoms with van der Waals surface area (Å²) >= 11 is 1.90. The second-order valence-corrected chi connectivity index (χ2v) is 7.36. The Morgan fingerprint density at radius 2 is 2.05 bits per heavy atom. The smallest absolute Gasteiger partial charge is 0.0696 e. The van der Waals surface area contributed by atoms with Gasteiger partial charge in [0.05, 0.1) is 6.10 Å². The van der Waals surface area contributed by atoms with Crippen LogP contribution in [-0.2, 0) is 6.42 Å². The van der Waals surface area contributed by atoms with E-state index in [2.05, 4.69) is 31.2 Å². The molecule has 3 rings (SSSR count). The average Bonchev–Trinajstić information content (AvgIpc) is 2.90. The van der Waals surface area contributed by atoms with Gasteiger partial charge in [-0.05, 0) is 36.3 Å². The molecule has 0 radical (unpaired) electrons. The Hall–Kier alpha value is -0.470. The summed E-state index contributed by atoms with van der Waals surface area (Å²) in [7, 11) is 0. The fourth-order valence-corrected chi connectivity index (χ4v) is 5.26. The molecule has 1 N–H and O–H groups in total. The van der Waals surface area contributed by atoms with E-state index in [-0.39, 0.29) is 6.10 Å². The lowest BCUT2D eigenvalue weighted by Gasteiger charge is -2.36. The third kappa shape index (κ3) is 2.71. The lowest BCUT2D eigenvalue weighted by molar-refractivity contribution is 0.0451. The highest BCUT2D eigenvalue weighted by atomic mass is 32.2. The van der Waals surface area contributed by atoms with Crippen molar-refractivity contribution in [2.45, 2.75) is 61.7 Å². The highest BCUT2D eigenvalue weighted by Gasteiger charge is 2.37. The van der Waals surface area contributed by atoms with Crippen LogP contribution in [0.2, 0.25) is 0 Å². The van der Waals surface area contributed by atoms with E-state index in [0.717, 1.165) is 12.3 Å². The number of fused-ring (bicyclic) bond motifs is 1. The summed E-state index contributed by atoms with van der Waals surface area (Å²) in [6.45, 7) is 2.28. The molecule has 2 heteroatoms. The molecule has 1 fully saturated rings. The maximum Gasteiger partial charge on any atom is 0.0696 e. The normalized spacial score (nSPS) is 32.0. The van der Waals surface area contributed by atoms with Gasteiger partial charge in [0.15, 0.2) is 0 Å². The molecule has 0 bridgehead atoms. The maximum absolute atomic E-state index is 10.8. The molecule has 2 aliphatic rings. The molecule has 1 heterocycles. The first kappa shape index (κ1) is 13.5. The molecular formula is C17H24OS. The van der Waals surface area contributed by atoms with Gasteiger partial charge in [-0.3, -0.25) is 0 Å². The van der Waals surface area contributed by atoms with Crippen molar-refractivity contribution in [2.75, 3.05) is 0 Å². The van der Waals surface area contributed by atoms with Gasteiger partial charge in [0, 0.05) is 10.1 Å². The van der Waals surface area contributed by atoms with Crippen LogP contribution < -0.4 is 0 Å². The van der Waals surface area contributed by atoms with E-state index in [4.69, 9.17) is 0 Å². The van der Waals surface area contributed by atoms with Gasteiger partial charge in [-0.25, -0.2) is 0 Å². The summed E-state index contributed by atoms with van der Waals surface area (Å²) in [5, 5.41) is 11.2. The van der Waals surface area contributed by atoms with Crippen molar-refractivity contribution in [1.82, 2.24) is 0 Å². The van der Waals surface area contributed by atoms with E-state index in [1.165, 1.54) is 42.6 Å². The summed E-state index contributed by atoms with van der Waals surface area (Å²) < 4.78 is 0. The number of thioether (sulfide) groups is 1. The molecule has 0 spiro atoms. The van der Waals surface area contributed by atoms with Crippen LogP contribution in [0, 0.1) is 11.8 Å². The van der Waals surface area contributed by atoms with Crippen LogP contribution in [0.3, 0.4) is 0 Å². The molecule has 1 saturated carbocycles. The first-order chi connectivity index (χ1) is 9.29. The fraction of sp³-hybridized carbons (Fsp3) is 0.647. The van der Waals surface area contributed by atoms with Gasteiger partial charge in [0.1, 0.15) is 0 Å². The molecule has 1 aromatic rings. The molecule has 1 aliphatic heterocycles. The van der Waals surface area contributed by atoms with Crippen LogP contribution in [0.25, 0.3) is 0 Å². The number of aliphatic hydroxyl groups excluding tert-OH is 1. The van der Waals surface area contributed by atoms with Crippen molar-refractivity contribution in [1.29, 1.82) is 0 Å². The van der Waals surface area contributed by atoms with E-state index in [1.807, 2.05) is 11.8 Å². The topological polar surface area (TPSA) is 20.2 Å². The van der Waals surface area contributed by atoms with Gasteiger partial charge in [-0.1, -0.05) is 50.8 Å². The molecule has 4 atom stereocenters. The summed E-state index contributed by atoms with van der Waals surface area (Å²) in [5.41, 5.74) is 1.43. The maximum atomic E-state index is 10.8. The van der Waals surface area contributed by atoms with Crippen LogP contribution in [0.1, 0.15) is 44.6 Å². The minimum atomic E-state index is -0.123. The van der Waals surface area contributed by atoms with Crippen molar-refractivity contribution in [3.05, 3.63) is 29.8 Å². The molecule has 4 unspecified atom stereocenters. The summed E-state index contributed by atoms with van der Waals surface area (Å²) in [5.74, 6) is 1.28. The van der Waals surface area contributed by atoms with E-state index >= 15 is 0 Å². The third-order valence-corrected chi connectivity index (χ3v) is 6.38. The van der Waals surface area contributed by atoms with E-state index in [0.29, 0.717) is 11.2 Å². The average molecular weight is 276 g/mol. The zero-order valence-electron chi connectivity index (χ0n) is 11.7. The zero-order chi connectivity index (χ0) is 13.2. The lowest BCUT2D eigenvalue weighted by atomic mass is 9.74. The quantitative estimate of drug-likeness (QED) is 0.889. The number of benzene rings is 1. The summed E-state index contributed by atoms with van der Waals surface area (Å²) in [6.07, 6.45) is 7.38. The molecule has 1 nitrogen and oxygen atoms in total. The first-order valence-corrected chi connectivity index (χ1v) is 8.60. The molecule has 0 aromatic heterocycles. The minimum Gasteiger partial charge on any atom is -0.392 e. The van der Waals surface area contributed by atoms with Gasteiger partial charge < -0.3 is 5.11 Å². The monoisotopic (exact) mass is 276 g/mol. The van der Waals surface area contributed by atoms with Gasteiger partial charge >= 0.3 is 0 Å². The Kier molecular flexibility index (Phi) is 4.18. The lowest BCUT2D eigenvalue weighted by Crippen LogP contribution is -2.37. The summed E-state index contributed by atoms with van der Waals surface area (Å²) in [4.78, 5) is 1.38. The van der Waals surface area contributed by atoms with Gasteiger partial charge in [0.2, 0.25) is 0 Å². The van der Waals surface area contributed by atoms with Gasteiger partial charge in [-0.2, -0.15) is 0 Å². The minimum absolute atomic E-state index is 0.123. The van der Waals surface area contributed by atoms with Crippen molar-refractivity contribution in [2.24, 2.45) is 11.8 Å². The number of hydrogen-bond acceptors (Lipinski definition) is 2. The van der Waals surface area contributed by atoms with Crippen LogP contribution >= 0.6 is 11.8 Å². The molecule has 104 valence electrons. The molecule has 0 saturated heterocycles. The Labute approximate surface area is 120 Å².